The molecule has 2 rings (SSSR count). The van der Waals surface area contributed by atoms with Crippen LogP contribution >= 0.6 is 0 Å². The molecule has 3 heteroatoms. The van der Waals surface area contributed by atoms with Crippen molar-refractivity contribution >= 4 is 11.8 Å². The fraction of sp³-hybridized carbons (Fsp3) is 0.538. The number of methoxy groups -OCH3 is 1. The first-order valence-electron chi connectivity index (χ1n) is 5.66. The summed E-state index contributed by atoms with van der Waals surface area (Å²) >= 11 is 0. The first kappa shape index (κ1) is 11.1. The molecule has 0 amide bonds. The van der Waals surface area contributed by atoms with Gasteiger partial charge in [0, 0.05) is 6.42 Å². The third kappa shape index (κ3) is 1.70. The van der Waals surface area contributed by atoms with E-state index in [1.54, 1.807) is 6.08 Å². The molecule has 1 atom stereocenters. The molecule has 0 spiro atoms. The molecule has 3 nitrogen and oxygen atoms in total. The van der Waals surface area contributed by atoms with Crippen molar-refractivity contribution in [2.75, 3.05) is 7.11 Å². The maximum absolute atomic E-state index is 12.0. The van der Waals surface area contributed by atoms with Crippen LogP contribution in [0.15, 0.2) is 23.8 Å². The molecular formula is C13H16O3. The van der Waals surface area contributed by atoms with E-state index in [1.165, 1.54) is 7.11 Å². The minimum atomic E-state index is -0.560. The van der Waals surface area contributed by atoms with Gasteiger partial charge >= 0.3 is 5.97 Å². The largest absolute Gasteiger partial charge is 0.468 e. The van der Waals surface area contributed by atoms with Gasteiger partial charge in [-0.3, -0.25) is 9.59 Å². The van der Waals surface area contributed by atoms with Gasteiger partial charge in [0.15, 0.2) is 5.78 Å². The Labute approximate surface area is 95.2 Å². The second kappa shape index (κ2) is 4.24. The summed E-state index contributed by atoms with van der Waals surface area (Å²) in [5.74, 6) is -0.0609. The van der Waals surface area contributed by atoms with E-state index in [9.17, 15) is 9.59 Å². The zero-order chi connectivity index (χ0) is 11.6. The zero-order valence-electron chi connectivity index (χ0n) is 9.49. The minimum absolute atomic E-state index is 0.136. The molecule has 86 valence electrons. The third-order valence-electron chi connectivity index (χ3n) is 3.54. The first-order chi connectivity index (χ1) is 7.69. The van der Waals surface area contributed by atoms with Crippen LogP contribution in [0.2, 0.25) is 0 Å². The van der Waals surface area contributed by atoms with Crippen LogP contribution in [0.5, 0.6) is 0 Å². The van der Waals surface area contributed by atoms with Gasteiger partial charge in [0.1, 0.15) is 0 Å². The number of carbonyl (C=O) groups is 2. The Hall–Kier alpha value is -1.38. The maximum Gasteiger partial charge on any atom is 0.316 e. The van der Waals surface area contributed by atoms with Crippen LogP contribution in [0.3, 0.4) is 0 Å². The van der Waals surface area contributed by atoms with Gasteiger partial charge < -0.3 is 4.74 Å². The Morgan fingerprint density at radius 2 is 2.19 bits per heavy atom. The second-order valence-electron chi connectivity index (χ2n) is 4.42. The summed E-state index contributed by atoms with van der Waals surface area (Å²) in [5, 5.41) is 0. The van der Waals surface area contributed by atoms with E-state index in [0.29, 0.717) is 19.3 Å². The molecule has 0 heterocycles. The van der Waals surface area contributed by atoms with Crippen molar-refractivity contribution in [3.05, 3.63) is 23.8 Å². The van der Waals surface area contributed by atoms with Gasteiger partial charge in [-0.15, -0.1) is 0 Å². The summed E-state index contributed by atoms with van der Waals surface area (Å²) < 4.78 is 4.92. The molecule has 0 radical (unpaired) electrons. The average Bonchev–Trinajstić information content (AvgIpc) is 2.50. The Balaban J connectivity index is 2.42. The summed E-state index contributed by atoms with van der Waals surface area (Å²) in [7, 11) is 1.42. The second-order valence-corrected chi connectivity index (χ2v) is 4.42. The zero-order valence-corrected chi connectivity index (χ0v) is 9.49. The summed E-state index contributed by atoms with van der Waals surface area (Å²) in [6.45, 7) is 0. The van der Waals surface area contributed by atoms with Crippen LogP contribution < -0.4 is 0 Å². The number of allylic oxidation sites excluding steroid dienone is 3. The number of carbonyl (C=O) groups excluding carboxylic acids is 2. The van der Waals surface area contributed by atoms with Crippen molar-refractivity contribution < 1.29 is 14.3 Å². The van der Waals surface area contributed by atoms with Crippen LogP contribution in [0.25, 0.3) is 0 Å². The fourth-order valence-corrected chi connectivity index (χ4v) is 2.60. The number of esters is 1. The molecule has 1 unspecified atom stereocenters. The van der Waals surface area contributed by atoms with Gasteiger partial charge in [-0.1, -0.05) is 12.2 Å². The predicted octanol–water partition coefficient (Wildman–Crippen LogP) is 2.18. The van der Waals surface area contributed by atoms with Gasteiger partial charge in [-0.05, 0) is 37.3 Å². The van der Waals surface area contributed by atoms with E-state index in [1.807, 2.05) is 6.08 Å². The van der Waals surface area contributed by atoms with Crippen LogP contribution in [-0.2, 0) is 14.3 Å². The molecule has 16 heavy (non-hydrogen) atoms. The minimum Gasteiger partial charge on any atom is -0.468 e. The highest BCUT2D eigenvalue weighted by atomic mass is 16.5. The molecule has 0 saturated carbocycles. The van der Waals surface area contributed by atoms with Crippen molar-refractivity contribution in [2.45, 2.75) is 32.1 Å². The Morgan fingerprint density at radius 3 is 2.94 bits per heavy atom. The van der Waals surface area contributed by atoms with Gasteiger partial charge in [-0.25, -0.2) is 0 Å². The van der Waals surface area contributed by atoms with E-state index in [-0.39, 0.29) is 11.8 Å². The molecule has 0 aromatic rings. The summed E-state index contributed by atoms with van der Waals surface area (Å²) in [4.78, 5) is 23.4. The monoisotopic (exact) mass is 220 g/mol. The van der Waals surface area contributed by atoms with Crippen molar-refractivity contribution in [2.24, 2.45) is 5.41 Å². The lowest BCUT2D eigenvalue weighted by molar-refractivity contribution is -0.151. The highest BCUT2D eigenvalue weighted by molar-refractivity contribution is 5.95. The maximum atomic E-state index is 12.0. The molecular weight excluding hydrogens is 204 g/mol. The number of ketones is 1. The first-order valence-corrected chi connectivity index (χ1v) is 5.66. The SMILES string of the molecule is COC(=O)C12CC=CCCC1=CC(=O)CC2. The Morgan fingerprint density at radius 1 is 1.38 bits per heavy atom. The normalized spacial score (nSPS) is 29.1. The average molecular weight is 220 g/mol. The van der Waals surface area contributed by atoms with Crippen molar-refractivity contribution in [3.63, 3.8) is 0 Å². The van der Waals surface area contributed by atoms with Crippen LogP contribution in [0, 0.1) is 5.41 Å². The number of fused-ring (bicyclic) bond motifs is 1. The molecule has 0 aliphatic heterocycles. The van der Waals surface area contributed by atoms with Crippen molar-refractivity contribution in [1.82, 2.24) is 0 Å². The molecule has 0 fully saturated rings. The highest BCUT2D eigenvalue weighted by Gasteiger charge is 2.44. The standard InChI is InChI=1S/C13H16O3/c1-16-12(15)13-7-4-2-3-5-10(13)9-11(14)6-8-13/h2,4,9H,3,5-8H2,1H3. The topological polar surface area (TPSA) is 43.4 Å². The van der Waals surface area contributed by atoms with E-state index in [2.05, 4.69) is 6.08 Å². The van der Waals surface area contributed by atoms with E-state index in [0.717, 1.165) is 18.4 Å². The number of hydrogen-bond acceptors (Lipinski definition) is 3. The molecule has 2 aliphatic rings. The van der Waals surface area contributed by atoms with Crippen molar-refractivity contribution in [3.8, 4) is 0 Å². The lowest BCUT2D eigenvalue weighted by Gasteiger charge is -2.34. The van der Waals surface area contributed by atoms with E-state index in [4.69, 9.17) is 4.74 Å². The smallest absolute Gasteiger partial charge is 0.316 e. The lowest BCUT2D eigenvalue weighted by atomic mass is 9.69. The van der Waals surface area contributed by atoms with E-state index >= 15 is 0 Å². The third-order valence-corrected chi connectivity index (χ3v) is 3.54. The molecule has 0 aromatic carbocycles. The highest BCUT2D eigenvalue weighted by Crippen LogP contribution is 2.44. The Bertz CT molecular complexity index is 379. The quantitative estimate of drug-likeness (QED) is 0.502. The number of ether oxygens (including phenoxy) is 1. The molecule has 0 saturated heterocycles. The summed E-state index contributed by atoms with van der Waals surface area (Å²) in [6.07, 6.45) is 9.17. The Kier molecular flexibility index (Phi) is 2.95. The van der Waals surface area contributed by atoms with E-state index < -0.39 is 5.41 Å². The van der Waals surface area contributed by atoms with Crippen LogP contribution in [0.4, 0.5) is 0 Å². The van der Waals surface area contributed by atoms with Gasteiger partial charge in [0.25, 0.3) is 0 Å². The predicted molar refractivity (Wildman–Crippen MR) is 59.8 cm³/mol. The fourth-order valence-electron chi connectivity index (χ4n) is 2.60. The molecule has 2 aliphatic carbocycles. The summed E-state index contributed by atoms with van der Waals surface area (Å²) in [6, 6.07) is 0. The molecule has 0 bridgehead atoms. The number of rotatable bonds is 1. The van der Waals surface area contributed by atoms with Crippen molar-refractivity contribution in [1.29, 1.82) is 0 Å². The van der Waals surface area contributed by atoms with Gasteiger partial charge in [0.2, 0.25) is 0 Å². The van der Waals surface area contributed by atoms with Gasteiger partial charge in [-0.2, -0.15) is 0 Å². The van der Waals surface area contributed by atoms with Crippen LogP contribution in [0.1, 0.15) is 32.1 Å². The molecule has 0 aromatic heterocycles. The summed E-state index contributed by atoms with van der Waals surface area (Å²) in [5.41, 5.74) is 0.399. The molecule has 0 N–H and O–H groups in total. The number of hydrogen-bond donors (Lipinski definition) is 0. The lowest BCUT2D eigenvalue weighted by Crippen LogP contribution is -2.37. The van der Waals surface area contributed by atoms with Crippen LogP contribution in [-0.4, -0.2) is 18.9 Å². The van der Waals surface area contributed by atoms with Gasteiger partial charge in [0.05, 0.1) is 12.5 Å².